The Morgan fingerprint density at radius 2 is 2.00 bits per heavy atom. The fourth-order valence-electron chi connectivity index (χ4n) is 2.26. The molecule has 1 aromatic heterocycles. The molecule has 1 unspecified atom stereocenters. The Kier molecular flexibility index (Phi) is 4.97. The van der Waals surface area contributed by atoms with Crippen molar-refractivity contribution in [1.82, 2.24) is 15.1 Å². The Hall–Kier alpha value is -0.740. The minimum atomic E-state index is 0.0557. The van der Waals surface area contributed by atoms with E-state index in [1.54, 1.807) is 10.7 Å². The lowest BCUT2D eigenvalue weighted by atomic mass is 9.99. The van der Waals surface area contributed by atoms with Crippen molar-refractivity contribution in [3.05, 3.63) is 50.2 Å². The van der Waals surface area contributed by atoms with Crippen LogP contribution in [0.1, 0.15) is 22.9 Å². The van der Waals surface area contributed by atoms with Gasteiger partial charge in [-0.3, -0.25) is 4.68 Å². The van der Waals surface area contributed by atoms with Gasteiger partial charge in [0.1, 0.15) is 5.15 Å². The van der Waals surface area contributed by atoms with E-state index < -0.39 is 0 Å². The normalized spacial score (nSPS) is 12.7. The van der Waals surface area contributed by atoms with Gasteiger partial charge in [-0.05, 0) is 38.1 Å². The molecule has 20 heavy (non-hydrogen) atoms. The van der Waals surface area contributed by atoms with Gasteiger partial charge in [0.2, 0.25) is 0 Å². The molecule has 1 heterocycles. The third-order valence-corrected chi connectivity index (χ3v) is 4.40. The predicted octanol–water partition coefficient (Wildman–Crippen LogP) is 4.19. The lowest BCUT2D eigenvalue weighted by Crippen LogP contribution is -2.19. The molecule has 2 aromatic rings. The van der Waals surface area contributed by atoms with E-state index in [0.29, 0.717) is 15.2 Å². The molecule has 1 aromatic carbocycles. The Morgan fingerprint density at radius 3 is 2.50 bits per heavy atom. The Morgan fingerprint density at radius 1 is 1.30 bits per heavy atom. The molecule has 6 heteroatoms. The van der Waals surface area contributed by atoms with Gasteiger partial charge in [-0.15, -0.1) is 0 Å². The van der Waals surface area contributed by atoms with E-state index in [1.807, 2.05) is 33.2 Å². The van der Waals surface area contributed by atoms with E-state index in [9.17, 15) is 0 Å². The number of halogens is 3. The Bertz CT molecular complexity index is 622. The van der Waals surface area contributed by atoms with Crippen molar-refractivity contribution in [1.29, 1.82) is 0 Å². The number of nitrogens with one attached hydrogen (secondary N) is 1. The van der Waals surface area contributed by atoms with Gasteiger partial charge in [-0.1, -0.05) is 40.9 Å². The van der Waals surface area contributed by atoms with Gasteiger partial charge in [0.25, 0.3) is 0 Å². The molecule has 0 aliphatic carbocycles. The highest BCUT2D eigenvalue weighted by Gasteiger charge is 2.19. The molecule has 0 radical (unpaired) electrons. The summed E-state index contributed by atoms with van der Waals surface area (Å²) in [6.45, 7) is 1.96. The first-order valence-corrected chi connectivity index (χ1v) is 7.37. The van der Waals surface area contributed by atoms with Gasteiger partial charge < -0.3 is 5.32 Å². The zero-order valence-electron chi connectivity index (χ0n) is 11.5. The maximum Gasteiger partial charge on any atom is 0.130 e. The SMILES string of the molecule is CNC(Cc1c(C)nn(C)c1Cl)c1ccc(Cl)cc1Cl. The van der Waals surface area contributed by atoms with Crippen molar-refractivity contribution in [3.63, 3.8) is 0 Å². The van der Waals surface area contributed by atoms with Crippen LogP contribution in [0.4, 0.5) is 0 Å². The van der Waals surface area contributed by atoms with Crippen molar-refractivity contribution in [2.75, 3.05) is 7.05 Å². The maximum atomic E-state index is 6.29. The number of aromatic nitrogens is 2. The zero-order chi connectivity index (χ0) is 14.9. The van der Waals surface area contributed by atoms with Crippen LogP contribution in [0.5, 0.6) is 0 Å². The third kappa shape index (κ3) is 3.12. The summed E-state index contributed by atoms with van der Waals surface area (Å²) in [7, 11) is 3.73. The van der Waals surface area contributed by atoms with Gasteiger partial charge in [0.15, 0.2) is 0 Å². The molecule has 108 valence electrons. The van der Waals surface area contributed by atoms with Gasteiger partial charge in [-0.25, -0.2) is 0 Å². The molecule has 0 aliphatic rings. The predicted molar refractivity (Wildman–Crippen MR) is 84.9 cm³/mol. The molecule has 0 aliphatic heterocycles. The van der Waals surface area contributed by atoms with Crippen molar-refractivity contribution in [3.8, 4) is 0 Å². The molecular weight excluding hydrogens is 317 g/mol. The molecule has 0 saturated carbocycles. The van der Waals surface area contributed by atoms with Crippen LogP contribution in [0.3, 0.4) is 0 Å². The molecule has 0 bridgehead atoms. The van der Waals surface area contributed by atoms with Crippen molar-refractivity contribution in [2.45, 2.75) is 19.4 Å². The number of hydrogen-bond acceptors (Lipinski definition) is 2. The highest BCUT2D eigenvalue weighted by Crippen LogP contribution is 2.30. The monoisotopic (exact) mass is 331 g/mol. The largest absolute Gasteiger partial charge is 0.313 e. The van der Waals surface area contributed by atoms with Crippen LogP contribution in [0.15, 0.2) is 18.2 Å². The van der Waals surface area contributed by atoms with Crippen LogP contribution in [0.2, 0.25) is 15.2 Å². The summed E-state index contributed by atoms with van der Waals surface area (Å²) in [5.74, 6) is 0. The van der Waals surface area contributed by atoms with Crippen LogP contribution in [-0.2, 0) is 13.5 Å². The van der Waals surface area contributed by atoms with E-state index in [2.05, 4.69) is 10.4 Å². The maximum absolute atomic E-state index is 6.29. The number of rotatable bonds is 4. The summed E-state index contributed by atoms with van der Waals surface area (Å²) in [5.41, 5.74) is 2.96. The molecule has 0 spiro atoms. The van der Waals surface area contributed by atoms with Crippen molar-refractivity contribution in [2.24, 2.45) is 7.05 Å². The van der Waals surface area contributed by atoms with Crippen molar-refractivity contribution < 1.29 is 0 Å². The van der Waals surface area contributed by atoms with E-state index in [-0.39, 0.29) is 6.04 Å². The molecule has 0 amide bonds. The fourth-order valence-corrected chi connectivity index (χ4v) is 3.05. The number of aryl methyl sites for hydroxylation is 2. The molecule has 0 fully saturated rings. The second kappa shape index (κ2) is 6.35. The lowest BCUT2D eigenvalue weighted by Gasteiger charge is -2.18. The zero-order valence-corrected chi connectivity index (χ0v) is 13.8. The first kappa shape index (κ1) is 15.6. The standard InChI is InChI=1S/C14H16Cl3N3/c1-8-11(14(17)20(3)19-8)7-13(18-2)10-5-4-9(15)6-12(10)16/h4-6,13,18H,7H2,1-3H3. The second-order valence-electron chi connectivity index (χ2n) is 4.69. The highest BCUT2D eigenvalue weighted by molar-refractivity contribution is 6.35. The van der Waals surface area contributed by atoms with E-state index in [0.717, 1.165) is 23.2 Å². The van der Waals surface area contributed by atoms with E-state index >= 15 is 0 Å². The van der Waals surface area contributed by atoms with Crippen LogP contribution < -0.4 is 5.32 Å². The number of nitrogens with zero attached hydrogens (tertiary/aromatic N) is 2. The third-order valence-electron chi connectivity index (χ3n) is 3.36. The smallest absolute Gasteiger partial charge is 0.130 e. The van der Waals surface area contributed by atoms with Gasteiger partial charge >= 0.3 is 0 Å². The van der Waals surface area contributed by atoms with Gasteiger partial charge in [-0.2, -0.15) is 5.10 Å². The highest BCUT2D eigenvalue weighted by atomic mass is 35.5. The molecule has 3 nitrogen and oxygen atoms in total. The van der Waals surface area contributed by atoms with Crippen molar-refractivity contribution >= 4 is 34.8 Å². The van der Waals surface area contributed by atoms with E-state index in [4.69, 9.17) is 34.8 Å². The summed E-state index contributed by atoms with van der Waals surface area (Å²) < 4.78 is 1.68. The lowest BCUT2D eigenvalue weighted by molar-refractivity contribution is 0.591. The van der Waals surface area contributed by atoms with Crippen LogP contribution in [-0.4, -0.2) is 16.8 Å². The quantitative estimate of drug-likeness (QED) is 0.909. The topological polar surface area (TPSA) is 29.9 Å². The summed E-state index contributed by atoms with van der Waals surface area (Å²) in [6, 6.07) is 5.58. The van der Waals surface area contributed by atoms with E-state index in [1.165, 1.54) is 0 Å². The summed E-state index contributed by atoms with van der Waals surface area (Å²) in [4.78, 5) is 0. The summed E-state index contributed by atoms with van der Waals surface area (Å²) in [5, 5.41) is 9.54. The Balaban J connectivity index is 2.33. The number of benzene rings is 1. The van der Waals surface area contributed by atoms with Gasteiger partial charge in [0, 0.05) is 28.7 Å². The first-order chi connectivity index (χ1) is 9.43. The average molecular weight is 333 g/mol. The minimum absolute atomic E-state index is 0.0557. The van der Waals surface area contributed by atoms with Crippen LogP contribution >= 0.6 is 34.8 Å². The summed E-state index contributed by atoms with van der Waals surface area (Å²) in [6.07, 6.45) is 0.719. The molecule has 1 N–H and O–H groups in total. The average Bonchev–Trinajstić information content (AvgIpc) is 2.62. The Labute approximate surface area is 133 Å². The number of likely N-dealkylation sites (N-methyl/N-ethyl adjacent to an activating group) is 1. The molecule has 0 saturated heterocycles. The fraction of sp³-hybridized carbons (Fsp3) is 0.357. The van der Waals surface area contributed by atoms with Gasteiger partial charge in [0.05, 0.1) is 5.69 Å². The number of hydrogen-bond donors (Lipinski definition) is 1. The molecule has 2 rings (SSSR count). The summed E-state index contributed by atoms with van der Waals surface area (Å²) >= 11 is 18.5. The second-order valence-corrected chi connectivity index (χ2v) is 5.89. The van der Waals surface area contributed by atoms with Crippen LogP contribution in [0.25, 0.3) is 0 Å². The molecule has 1 atom stereocenters. The minimum Gasteiger partial charge on any atom is -0.313 e. The van der Waals surface area contributed by atoms with Crippen LogP contribution in [0, 0.1) is 6.92 Å². The first-order valence-electron chi connectivity index (χ1n) is 6.24. The molecular formula is C14H16Cl3N3.